The Balaban J connectivity index is 1.74. The first kappa shape index (κ1) is 24.6. The lowest BCUT2D eigenvalue weighted by Gasteiger charge is -2.20. The molecule has 7 nitrogen and oxygen atoms in total. The van der Waals surface area contributed by atoms with Crippen LogP contribution in [-0.4, -0.2) is 29.8 Å². The van der Waals surface area contributed by atoms with Gasteiger partial charge < -0.3 is 5.32 Å². The van der Waals surface area contributed by atoms with Gasteiger partial charge in [0.05, 0.1) is 27.5 Å². The zero-order valence-corrected chi connectivity index (χ0v) is 19.7. The maximum atomic E-state index is 13.3. The van der Waals surface area contributed by atoms with Gasteiger partial charge in [-0.15, -0.1) is 0 Å². The molecule has 1 aromatic heterocycles. The van der Waals surface area contributed by atoms with Crippen molar-refractivity contribution < 1.29 is 26.5 Å². The Morgan fingerprint density at radius 2 is 1.89 bits per heavy atom. The number of hydrogen-bond donors (Lipinski definition) is 1. The molecule has 3 aromatic rings. The molecule has 0 bridgehead atoms. The number of anilines is 1. The van der Waals surface area contributed by atoms with E-state index in [0.717, 1.165) is 23.3 Å². The maximum Gasteiger partial charge on any atom is 0.416 e. The first-order valence-electron chi connectivity index (χ1n) is 10.8. The number of aryl methyl sites for hydroxylation is 1. The number of alkyl halides is 3. The number of nitro groups is 1. The predicted octanol–water partition coefficient (Wildman–Crippen LogP) is 5.85. The smallest absolute Gasteiger partial charge is 0.378 e. The molecule has 2 heterocycles. The van der Waals surface area contributed by atoms with E-state index in [1.807, 2.05) is 18.2 Å². The summed E-state index contributed by atoms with van der Waals surface area (Å²) in [5, 5.41) is 15.1. The second kappa shape index (κ2) is 8.95. The second-order valence-electron chi connectivity index (χ2n) is 8.57. The first-order valence-corrected chi connectivity index (χ1v) is 12.6. The lowest BCUT2D eigenvalue weighted by atomic mass is 9.99. The zero-order chi connectivity index (χ0) is 25.5. The van der Waals surface area contributed by atoms with E-state index in [9.17, 15) is 31.7 Å². The Kier molecular flexibility index (Phi) is 6.31. The number of hydrogen-bond acceptors (Lipinski definition) is 6. The van der Waals surface area contributed by atoms with Gasteiger partial charge in [0.25, 0.3) is 5.69 Å². The Labute approximate surface area is 199 Å². The Bertz CT molecular complexity index is 1470. The summed E-state index contributed by atoms with van der Waals surface area (Å²) < 4.78 is 63.5. The monoisotopic (exact) mass is 505 g/mol. The molecule has 1 atom stereocenters. The van der Waals surface area contributed by atoms with Crippen LogP contribution in [-0.2, 0) is 16.0 Å². The van der Waals surface area contributed by atoms with Crippen molar-refractivity contribution in [3.8, 4) is 0 Å². The number of nitrogens with zero attached hydrogens (tertiary/aromatic N) is 2. The summed E-state index contributed by atoms with van der Waals surface area (Å²) in [5.74, 6) is 0.0441. The molecule has 4 rings (SSSR count). The van der Waals surface area contributed by atoms with Crippen molar-refractivity contribution in [1.82, 2.24) is 4.98 Å². The third-order valence-electron chi connectivity index (χ3n) is 5.92. The number of nitrogens with one attached hydrogen (secondary N) is 1. The molecule has 0 aliphatic carbocycles. The first-order chi connectivity index (χ1) is 16.3. The molecule has 0 saturated heterocycles. The van der Waals surface area contributed by atoms with Crippen molar-refractivity contribution >= 4 is 37.7 Å². The van der Waals surface area contributed by atoms with Gasteiger partial charge in [-0.1, -0.05) is 12.1 Å². The molecule has 35 heavy (non-hydrogen) atoms. The molecule has 0 radical (unpaired) electrons. The average Bonchev–Trinajstić information content (AvgIpc) is 2.78. The average molecular weight is 506 g/mol. The van der Waals surface area contributed by atoms with Gasteiger partial charge in [-0.25, -0.2) is 8.42 Å². The van der Waals surface area contributed by atoms with E-state index in [0.29, 0.717) is 34.8 Å². The molecule has 0 unspecified atom stereocenters. The van der Waals surface area contributed by atoms with Crippen molar-refractivity contribution in [2.75, 3.05) is 16.8 Å². The highest BCUT2D eigenvalue weighted by Gasteiger charge is 2.33. The van der Waals surface area contributed by atoms with Crippen molar-refractivity contribution in [2.45, 2.75) is 32.5 Å². The standard InChI is InChI=1S/C24H22F3N3O4S/c1-14-9-23(29-15(2)18-10-19(24(25,26)27)13-20(11-18)30(31)32)21-12-17(3-4-22(21)28-14)16-5-7-35(33,34)8-6-16/h3-5,9-13,15H,6-8H2,1-2H3,(H,28,29)/t15-/m1/s1. The summed E-state index contributed by atoms with van der Waals surface area (Å²) in [7, 11) is -3.08. The van der Waals surface area contributed by atoms with Crippen LogP contribution in [0.25, 0.3) is 16.5 Å². The van der Waals surface area contributed by atoms with Crippen LogP contribution in [0.2, 0.25) is 0 Å². The number of non-ortho nitro benzene ring substituents is 1. The van der Waals surface area contributed by atoms with Crippen LogP contribution in [0.3, 0.4) is 0 Å². The highest BCUT2D eigenvalue weighted by Crippen LogP contribution is 2.36. The molecule has 1 N–H and O–H groups in total. The molecule has 0 fully saturated rings. The number of sulfone groups is 1. The molecule has 1 aliphatic heterocycles. The van der Waals surface area contributed by atoms with Crippen LogP contribution < -0.4 is 5.32 Å². The van der Waals surface area contributed by atoms with Gasteiger partial charge in [0.15, 0.2) is 9.84 Å². The number of rotatable bonds is 5. The summed E-state index contributed by atoms with van der Waals surface area (Å²) in [5.41, 5.74) is 2.06. The van der Waals surface area contributed by atoms with Crippen LogP contribution in [0, 0.1) is 17.0 Å². The van der Waals surface area contributed by atoms with Gasteiger partial charge in [-0.05, 0) is 61.2 Å². The largest absolute Gasteiger partial charge is 0.416 e. The fourth-order valence-electron chi connectivity index (χ4n) is 4.09. The maximum absolute atomic E-state index is 13.3. The van der Waals surface area contributed by atoms with Gasteiger partial charge in [-0.2, -0.15) is 13.2 Å². The number of benzene rings is 2. The van der Waals surface area contributed by atoms with Crippen LogP contribution in [0.15, 0.2) is 48.5 Å². The van der Waals surface area contributed by atoms with Gasteiger partial charge in [0, 0.05) is 34.9 Å². The third kappa shape index (κ3) is 5.45. The number of aromatic nitrogens is 1. The molecule has 0 amide bonds. The van der Waals surface area contributed by atoms with E-state index in [1.54, 1.807) is 26.0 Å². The molecule has 1 aliphatic rings. The Hall–Kier alpha value is -3.47. The van der Waals surface area contributed by atoms with E-state index in [4.69, 9.17) is 0 Å². The Morgan fingerprint density at radius 1 is 1.14 bits per heavy atom. The molecular weight excluding hydrogens is 483 g/mol. The lowest BCUT2D eigenvalue weighted by Crippen LogP contribution is -2.15. The minimum Gasteiger partial charge on any atom is -0.378 e. The number of nitro benzene ring substituents is 1. The van der Waals surface area contributed by atoms with Gasteiger partial charge >= 0.3 is 6.18 Å². The highest BCUT2D eigenvalue weighted by atomic mass is 32.2. The fraction of sp³-hybridized carbons (Fsp3) is 0.292. The van der Waals surface area contributed by atoms with Gasteiger partial charge in [0.2, 0.25) is 0 Å². The number of halogens is 3. The number of pyridine rings is 1. The van der Waals surface area contributed by atoms with E-state index >= 15 is 0 Å². The third-order valence-corrected chi connectivity index (χ3v) is 7.42. The number of allylic oxidation sites excluding steroid dienone is 1. The molecule has 11 heteroatoms. The molecule has 0 saturated carbocycles. The fourth-order valence-corrected chi connectivity index (χ4v) is 5.24. The van der Waals surface area contributed by atoms with E-state index in [-0.39, 0.29) is 17.1 Å². The summed E-state index contributed by atoms with van der Waals surface area (Å²) in [6.07, 6.45) is -2.64. The summed E-state index contributed by atoms with van der Waals surface area (Å²) in [6.45, 7) is 3.41. The predicted molar refractivity (Wildman–Crippen MR) is 128 cm³/mol. The zero-order valence-electron chi connectivity index (χ0n) is 18.9. The lowest BCUT2D eigenvalue weighted by molar-refractivity contribution is -0.385. The SMILES string of the molecule is Cc1cc(N[C@H](C)c2cc([N+](=O)[O-])cc(C(F)(F)F)c2)c2cc(C3=CCS(=O)(=O)CC3)ccc2n1. The molecule has 2 aromatic carbocycles. The van der Waals surface area contributed by atoms with Gasteiger partial charge in [0.1, 0.15) is 0 Å². The van der Waals surface area contributed by atoms with E-state index in [1.165, 1.54) is 0 Å². The van der Waals surface area contributed by atoms with E-state index < -0.39 is 38.2 Å². The molecular formula is C24H22F3N3O4S. The summed E-state index contributed by atoms with van der Waals surface area (Å²) in [4.78, 5) is 14.9. The van der Waals surface area contributed by atoms with Crippen molar-refractivity contribution in [1.29, 1.82) is 0 Å². The van der Waals surface area contributed by atoms with Crippen LogP contribution in [0.1, 0.15) is 41.8 Å². The minimum atomic E-state index is -4.73. The summed E-state index contributed by atoms with van der Waals surface area (Å²) >= 11 is 0. The van der Waals surface area contributed by atoms with Crippen LogP contribution >= 0.6 is 0 Å². The van der Waals surface area contributed by atoms with Crippen molar-refractivity contribution in [3.05, 3.63) is 81.0 Å². The summed E-state index contributed by atoms with van der Waals surface area (Å²) in [6, 6.07) is 9.16. The molecule has 184 valence electrons. The van der Waals surface area contributed by atoms with Crippen LogP contribution in [0.4, 0.5) is 24.5 Å². The number of fused-ring (bicyclic) bond motifs is 1. The van der Waals surface area contributed by atoms with E-state index in [2.05, 4.69) is 10.3 Å². The van der Waals surface area contributed by atoms with Gasteiger partial charge in [-0.3, -0.25) is 15.1 Å². The topological polar surface area (TPSA) is 102 Å². The normalized spacial score (nSPS) is 16.5. The van der Waals surface area contributed by atoms with Crippen LogP contribution in [0.5, 0.6) is 0 Å². The second-order valence-corrected chi connectivity index (χ2v) is 10.8. The van der Waals surface area contributed by atoms with Crippen molar-refractivity contribution in [2.24, 2.45) is 0 Å². The molecule has 0 spiro atoms. The highest BCUT2D eigenvalue weighted by molar-refractivity contribution is 7.91. The Morgan fingerprint density at radius 3 is 2.51 bits per heavy atom. The minimum absolute atomic E-state index is 0.0248. The van der Waals surface area contributed by atoms with Crippen molar-refractivity contribution in [3.63, 3.8) is 0 Å². The quantitative estimate of drug-likeness (QED) is 0.345.